The number of nitrogens with one attached hydrogen (secondary N) is 2. The number of carbonyl (C=O) groups excluding carboxylic acids is 1. The number of ether oxygens (including phenoxy) is 1. The van der Waals surface area contributed by atoms with Gasteiger partial charge in [-0.25, -0.2) is 0 Å². The number of H-pyrrole nitrogens is 1. The molecule has 0 saturated heterocycles. The van der Waals surface area contributed by atoms with Crippen molar-refractivity contribution >= 4 is 5.91 Å². The Kier molecular flexibility index (Phi) is 4.08. The molecule has 0 saturated carbocycles. The zero-order chi connectivity index (χ0) is 17.5. The van der Waals surface area contributed by atoms with Crippen LogP contribution in [0.3, 0.4) is 0 Å². The first kappa shape index (κ1) is 16.5. The third-order valence-corrected chi connectivity index (χ3v) is 3.80. The Morgan fingerprint density at radius 3 is 2.92 bits per heavy atom. The van der Waals surface area contributed by atoms with Crippen molar-refractivity contribution in [3.63, 3.8) is 0 Å². The highest BCUT2D eigenvalue weighted by Gasteiger charge is 2.37. The summed E-state index contributed by atoms with van der Waals surface area (Å²) in [5, 5.41) is 12.1. The maximum Gasteiger partial charge on any atom is 0.437 e. The Morgan fingerprint density at radius 2 is 2.21 bits per heavy atom. The summed E-state index contributed by atoms with van der Waals surface area (Å²) >= 11 is 0. The van der Waals surface area contributed by atoms with Crippen molar-refractivity contribution in [3.05, 3.63) is 34.5 Å². The molecular formula is C14H15F3N4O3. The fourth-order valence-electron chi connectivity index (χ4n) is 2.74. The molecule has 10 heteroatoms. The van der Waals surface area contributed by atoms with Crippen LogP contribution < -0.4 is 5.32 Å². The smallest absolute Gasteiger partial charge is 0.369 e. The van der Waals surface area contributed by atoms with Gasteiger partial charge < -0.3 is 14.6 Å². The predicted molar refractivity (Wildman–Crippen MR) is 73.9 cm³/mol. The van der Waals surface area contributed by atoms with Crippen LogP contribution in [0.1, 0.15) is 53.0 Å². The molecule has 130 valence electrons. The standard InChI is InChI=1S/C14H15F3N4O3/c1-6-3-9-10(7(2)24-6)19-20-11(9)13(22)18-4-8-5-23-21-12(8)14(15,16)17/h5-7H,3-4H2,1-2H3,(H,18,22)(H,19,20)/t6-,7+/m1/s1. The quantitative estimate of drug-likeness (QED) is 0.892. The SMILES string of the molecule is C[C@@H]1Cc2c(C(=O)NCc3conc3C(F)(F)F)n[nH]c2[C@H](C)O1. The van der Waals surface area contributed by atoms with Crippen LogP contribution in [-0.2, 0) is 23.9 Å². The van der Waals surface area contributed by atoms with E-state index < -0.39 is 17.8 Å². The zero-order valence-corrected chi connectivity index (χ0v) is 12.9. The molecule has 3 rings (SSSR count). The van der Waals surface area contributed by atoms with Gasteiger partial charge in [-0.05, 0) is 13.8 Å². The Hall–Kier alpha value is -2.36. The summed E-state index contributed by atoms with van der Waals surface area (Å²) in [5.74, 6) is -0.567. The molecule has 3 heterocycles. The van der Waals surface area contributed by atoms with E-state index in [9.17, 15) is 18.0 Å². The Labute approximate surface area is 134 Å². The molecule has 7 nitrogen and oxygen atoms in total. The number of alkyl halides is 3. The minimum Gasteiger partial charge on any atom is -0.369 e. The monoisotopic (exact) mass is 344 g/mol. The van der Waals surface area contributed by atoms with Crippen molar-refractivity contribution in [1.82, 2.24) is 20.7 Å². The molecule has 0 fully saturated rings. The van der Waals surface area contributed by atoms with Crippen molar-refractivity contribution in [2.75, 3.05) is 0 Å². The second kappa shape index (κ2) is 5.93. The number of rotatable bonds is 3. The second-order valence-electron chi connectivity index (χ2n) is 5.63. The summed E-state index contributed by atoms with van der Waals surface area (Å²) in [6, 6.07) is 0. The van der Waals surface area contributed by atoms with Crippen LogP contribution in [0.4, 0.5) is 13.2 Å². The topological polar surface area (TPSA) is 93.0 Å². The number of hydrogen-bond acceptors (Lipinski definition) is 5. The van der Waals surface area contributed by atoms with E-state index in [1.54, 1.807) is 0 Å². The Balaban J connectivity index is 1.75. The van der Waals surface area contributed by atoms with Crippen molar-refractivity contribution in [2.24, 2.45) is 0 Å². The van der Waals surface area contributed by atoms with Crippen molar-refractivity contribution < 1.29 is 27.2 Å². The molecule has 24 heavy (non-hydrogen) atoms. The van der Waals surface area contributed by atoms with E-state index in [4.69, 9.17) is 4.74 Å². The fraction of sp³-hybridized carbons (Fsp3) is 0.500. The van der Waals surface area contributed by atoms with Crippen LogP contribution >= 0.6 is 0 Å². The van der Waals surface area contributed by atoms with Gasteiger partial charge in [0.25, 0.3) is 5.91 Å². The minimum atomic E-state index is -4.64. The molecule has 1 aliphatic heterocycles. The first-order chi connectivity index (χ1) is 11.3. The lowest BCUT2D eigenvalue weighted by molar-refractivity contribution is -0.143. The van der Waals surface area contributed by atoms with Gasteiger partial charge in [0.1, 0.15) is 6.26 Å². The molecule has 0 bridgehead atoms. The summed E-state index contributed by atoms with van der Waals surface area (Å²) in [6.45, 7) is 3.35. The van der Waals surface area contributed by atoms with Crippen molar-refractivity contribution in [2.45, 2.75) is 45.2 Å². The average Bonchev–Trinajstić information content (AvgIpc) is 3.10. The van der Waals surface area contributed by atoms with Gasteiger partial charge in [0.15, 0.2) is 11.4 Å². The van der Waals surface area contributed by atoms with E-state index in [2.05, 4.69) is 25.2 Å². The van der Waals surface area contributed by atoms with Gasteiger partial charge in [-0.3, -0.25) is 9.89 Å². The number of halogens is 3. The lowest BCUT2D eigenvalue weighted by atomic mass is 9.99. The van der Waals surface area contributed by atoms with Crippen LogP contribution in [0.15, 0.2) is 10.8 Å². The number of aromatic nitrogens is 3. The molecule has 0 aliphatic carbocycles. The van der Waals surface area contributed by atoms with Gasteiger partial charge in [0.05, 0.1) is 17.9 Å². The molecule has 2 aromatic rings. The molecule has 1 aliphatic rings. The van der Waals surface area contributed by atoms with Gasteiger partial charge in [-0.15, -0.1) is 0 Å². The maximum absolute atomic E-state index is 12.7. The summed E-state index contributed by atoms with van der Waals surface area (Å²) in [7, 11) is 0. The molecule has 2 aromatic heterocycles. The van der Waals surface area contributed by atoms with E-state index in [-0.39, 0.29) is 30.0 Å². The molecule has 0 unspecified atom stereocenters. The highest BCUT2D eigenvalue weighted by Crippen LogP contribution is 2.31. The lowest BCUT2D eigenvalue weighted by Gasteiger charge is -2.25. The minimum absolute atomic E-state index is 0.0773. The van der Waals surface area contributed by atoms with Crippen LogP contribution in [-0.4, -0.2) is 27.4 Å². The van der Waals surface area contributed by atoms with E-state index in [1.807, 2.05) is 13.8 Å². The van der Waals surface area contributed by atoms with Crippen LogP contribution in [0.25, 0.3) is 0 Å². The summed E-state index contributed by atoms with van der Waals surface area (Å²) in [6.07, 6.45) is -3.58. The van der Waals surface area contributed by atoms with Crippen LogP contribution in [0.2, 0.25) is 0 Å². The van der Waals surface area contributed by atoms with E-state index >= 15 is 0 Å². The third-order valence-electron chi connectivity index (χ3n) is 3.80. The highest BCUT2D eigenvalue weighted by atomic mass is 19.4. The van der Waals surface area contributed by atoms with Crippen LogP contribution in [0.5, 0.6) is 0 Å². The number of fused-ring (bicyclic) bond motifs is 1. The summed E-state index contributed by atoms with van der Waals surface area (Å²) < 4.78 is 48.2. The van der Waals surface area contributed by atoms with Gasteiger partial charge in [-0.2, -0.15) is 18.3 Å². The Bertz CT molecular complexity index is 753. The first-order valence-electron chi connectivity index (χ1n) is 7.28. The van der Waals surface area contributed by atoms with Gasteiger partial charge in [0.2, 0.25) is 0 Å². The summed E-state index contributed by atoms with van der Waals surface area (Å²) in [5.41, 5.74) is 0.198. The predicted octanol–water partition coefficient (Wildman–Crippen LogP) is 2.37. The molecule has 0 spiro atoms. The van der Waals surface area contributed by atoms with Crippen LogP contribution in [0, 0.1) is 0 Å². The Morgan fingerprint density at radius 1 is 1.46 bits per heavy atom. The van der Waals surface area contributed by atoms with E-state index in [0.29, 0.717) is 12.1 Å². The molecular weight excluding hydrogens is 329 g/mol. The second-order valence-corrected chi connectivity index (χ2v) is 5.63. The van der Waals surface area contributed by atoms with Gasteiger partial charge in [0, 0.05) is 24.1 Å². The third kappa shape index (κ3) is 3.01. The summed E-state index contributed by atoms with van der Waals surface area (Å²) in [4.78, 5) is 12.3. The fourth-order valence-corrected chi connectivity index (χ4v) is 2.74. The van der Waals surface area contributed by atoms with Crippen molar-refractivity contribution in [1.29, 1.82) is 0 Å². The molecule has 2 atom stereocenters. The largest absolute Gasteiger partial charge is 0.437 e. The maximum atomic E-state index is 12.7. The van der Waals surface area contributed by atoms with Gasteiger partial charge >= 0.3 is 6.18 Å². The number of amides is 1. The van der Waals surface area contributed by atoms with Crippen molar-refractivity contribution in [3.8, 4) is 0 Å². The number of carbonyl (C=O) groups is 1. The molecule has 0 aromatic carbocycles. The number of aromatic amines is 1. The number of hydrogen-bond donors (Lipinski definition) is 2. The first-order valence-corrected chi connectivity index (χ1v) is 7.28. The number of nitrogens with zero attached hydrogens (tertiary/aromatic N) is 2. The van der Waals surface area contributed by atoms with E-state index in [1.165, 1.54) is 0 Å². The zero-order valence-electron chi connectivity index (χ0n) is 12.9. The highest BCUT2D eigenvalue weighted by molar-refractivity contribution is 5.94. The molecule has 0 radical (unpaired) electrons. The van der Waals surface area contributed by atoms with E-state index in [0.717, 1.165) is 11.8 Å². The van der Waals surface area contributed by atoms with Gasteiger partial charge in [-0.1, -0.05) is 5.16 Å². The lowest BCUT2D eigenvalue weighted by Crippen LogP contribution is -2.28. The normalized spacial score (nSPS) is 20.7. The molecule has 1 amide bonds. The average molecular weight is 344 g/mol. The molecule has 2 N–H and O–H groups in total.